The summed E-state index contributed by atoms with van der Waals surface area (Å²) in [6.45, 7) is 6.68. The quantitative estimate of drug-likeness (QED) is 0.647. The van der Waals surface area contributed by atoms with Crippen LogP contribution in [-0.4, -0.2) is 30.1 Å². The molecule has 2 amide bonds. The summed E-state index contributed by atoms with van der Waals surface area (Å²) in [4.78, 5) is 22.1. The van der Waals surface area contributed by atoms with Crippen molar-refractivity contribution in [2.24, 2.45) is 5.73 Å². The Balaban J connectivity index is 4.00. The molecule has 0 heterocycles. The number of rotatable bonds is 5. The number of hydrogen-bond donors (Lipinski definition) is 2. The number of primary amides is 1. The zero-order valence-corrected chi connectivity index (χ0v) is 9.09. The topological polar surface area (TPSA) is 81.4 Å². The van der Waals surface area contributed by atoms with Crippen LogP contribution in [0.1, 0.15) is 27.7 Å². The van der Waals surface area contributed by atoms with Gasteiger partial charge in [-0.15, -0.1) is 0 Å². The molecule has 0 aliphatic carbocycles. The molecule has 0 rings (SSSR count). The van der Waals surface area contributed by atoms with Crippen molar-refractivity contribution in [3.63, 3.8) is 0 Å². The smallest absolute Gasteiger partial charge is 0.246 e. The van der Waals surface area contributed by atoms with Crippen molar-refractivity contribution < 1.29 is 14.3 Å². The highest BCUT2D eigenvalue weighted by atomic mass is 16.5. The summed E-state index contributed by atoms with van der Waals surface area (Å²) in [6.07, 6.45) is -0.0163. The molecule has 14 heavy (non-hydrogen) atoms. The van der Waals surface area contributed by atoms with Gasteiger partial charge in [0.2, 0.25) is 11.8 Å². The van der Waals surface area contributed by atoms with E-state index in [0.29, 0.717) is 0 Å². The lowest BCUT2D eigenvalue weighted by Gasteiger charge is -2.22. The Kier molecular flexibility index (Phi) is 4.56. The van der Waals surface area contributed by atoms with Crippen molar-refractivity contribution >= 4 is 11.8 Å². The summed E-state index contributed by atoms with van der Waals surface area (Å²) < 4.78 is 5.07. The Bertz CT molecular complexity index is 224. The van der Waals surface area contributed by atoms with Crippen molar-refractivity contribution in [1.29, 1.82) is 0 Å². The molecule has 0 unspecified atom stereocenters. The average Bonchev–Trinajstić information content (AvgIpc) is 1.99. The summed E-state index contributed by atoms with van der Waals surface area (Å²) in [6, 6.07) is 0. The van der Waals surface area contributed by atoms with Crippen LogP contribution in [-0.2, 0) is 14.3 Å². The van der Waals surface area contributed by atoms with E-state index in [1.165, 1.54) is 0 Å². The number of ether oxygens (including phenoxy) is 1. The third-order valence-electron chi connectivity index (χ3n) is 1.62. The van der Waals surface area contributed by atoms with Crippen molar-refractivity contribution in [3.05, 3.63) is 0 Å². The number of carbonyl (C=O) groups is 2. The van der Waals surface area contributed by atoms with Crippen LogP contribution in [0.25, 0.3) is 0 Å². The highest BCUT2D eigenvalue weighted by Crippen LogP contribution is 2.00. The molecular formula is C9H18N2O3. The molecule has 0 aliphatic heterocycles. The zero-order valence-electron chi connectivity index (χ0n) is 9.09. The van der Waals surface area contributed by atoms with E-state index >= 15 is 0 Å². The fraction of sp³-hybridized carbons (Fsp3) is 0.778. The predicted molar refractivity (Wildman–Crippen MR) is 52.5 cm³/mol. The van der Waals surface area contributed by atoms with Crippen molar-refractivity contribution in [2.45, 2.75) is 39.3 Å². The fourth-order valence-corrected chi connectivity index (χ4v) is 0.689. The van der Waals surface area contributed by atoms with E-state index in [2.05, 4.69) is 5.32 Å². The van der Waals surface area contributed by atoms with Crippen molar-refractivity contribution in [1.82, 2.24) is 5.32 Å². The van der Waals surface area contributed by atoms with Crippen LogP contribution in [0.15, 0.2) is 0 Å². The Morgan fingerprint density at radius 2 is 1.93 bits per heavy atom. The minimum Gasteiger partial charge on any atom is -0.369 e. The lowest BCUT2D eigenvalue weighted by molar-refractivity contribution is -0.133. The second-order valence-corrected chi connectivity index (χ2v) is 3.90. The van der Waals surface area contributed by atoms with Crippen LogP contribution < -0.4 is 11.1 Å². The number of nitrogens with one attached hydrogen (secondary N) is 1. The zero-order chi connectivity index (χ0) is 11.4. The molecule has 0 saturated heterocycles. The number of amides is 2. The van der Waals surface area contributed by atoms with E-state index in [1.54, 1.807) is 13.8 Å². The molecule has 0 radical (unpaired) electrons. The molecule has 0 aromatic rings. The maximum Gasteiger partial charge on any atom is 0.246 e. The number of carbonyl (C=O) groups excluding carboxylic acids is 2. The average molecular weight is 202 g/mol. The van der Waals surface area contributed by atoms with Gasteiger partial charge in [-0.2, -0.15) is 0 Å². The SMILES string of the molecule is CC(C)OCC(=O)NC(C)(C)C(N)=O. The van der Waals surface area contributed by atoms with Gasteiger partial charge in [0.1, 0.15) is 12.1 Å². The first-order chi connectivity index (χ1) is 6.25. The normalized spacial score (nSPS) is 11.5. The van der Waals surface area contributed by atoms with Crippen LogP contribution in [0.3, 0.4) is 0 Å². The molecule has 5 heteroatoms. The summed E-state index contributed by atoms with van der Waals surface area (Å²) in [5, 5.41) is 2.47. The molecule has 0 spiro atoms. The van der Waals surface area contributed by atoms with Gasteiger partial charge >= 0.3 is 0 Å². The second kappa shape index (κ2) is 4.95. The predicted octanol–water partition coefficient (Wildman–Crippen LogP) is -0.208. The Morgan fingerprint density at radius 1 is 1.43 bits per heavy atom. The van der Waals surface area contributed by atoms with E-state index in [1.807, 2.05) is 13.8 Å². The van der Waals surface area contributed by atoms with E-state index in [0.717, 1.165) is 0 Å². The summed E-state index contributed by atoms with van der Waals surface area (Å²) in [5.41, 5.74) is 4.05. The minimum atomic E-state index is -1.03. The van der Waals surface area contributed by atoms with Crippen LogP contribution in [0.4, 0.5) is 0 Å². The lowest BCUT2D eigenvalue weighted by atomic mass is 10.1. The summed E-state index contributed by atoms with van der Waals surface area (Å²) >= 11 is 0. The Morgan fingerprint density at radius 3 is 2.29 bits per heavy atom. The molecule has 0 aliphatic rings. The standard InChI is InChI=1S/C9H18N2O3/c1-6(2)14-5-7(12)11-9(3,4)8(10)13/h6H,5H2,1-4H3,(H2,10,13)(H,11,12). The monoisotopic (exact) mass is 202 g/mol. The van der Waals surface area contributed by atoms with E-state index in [4.69, 9.17) is 10.5 Å². The largest absolute Gasteiger partial charge is 0.369 e. The third kappa shape index (κ3) is 4.81. The highest BCUT2D eigenvalue weighted by Gasteiger charge is 2.26. The van der Waals surface area contributed by atoms with Gasteiger partial charge in [-0.25, -0.2) is 0 Å². The lowest BCUT2D eigenvalue weighted by Crippen LogP contribution is -2.54. The highest BCUT2D eigenvalue weighted by molar-refractivity contribution is 5.89. The number of hydrogen-bond acceptors (Lipinski definition) is 3. The first kappa shape index (κ1) is 12.9. The second-order valence-electron chi connectivity index (χ2n) is 3.90. The maximum atomic E-state index is 11.2. The molecular weight excluding hydrogens is 184 g/mol. The molecule has 0 bridgehead atoms. The van der Waals surface area contributed by atoms with Gasteiger partial charge in [0.05, 0.1) is 6.10 Å². The molecule has 5 nitrogen and oxygen atoms in total. The molecule has 82 valence electrons. The molecule has 0 aromatic heterocycles. The fourth-order valence-electron chi connectivity index (χ4n) is 0.689. The van der Waals surface area contributed by atoms with Crippen LogP contribution >= 0.6 is 0 Å². The van der Waals surface area contributed by atoms with Crippen LogP contribution in [0.2, 0.25) is 0 Å². The summed E-state index contributed by atoms with van der Waals surface area (Å²) in [7, 11) is 0. The molecule has 0 saturated carbocycles. The first-order valence-electron chi connectivity index (χ1n) is 4.48. The van der Waals surface area contributed by atoms with Gasteiger partial charge in [-0.05, 0) is 27.7 Å². The Labute approximate surface area is 84.0 Å². The van der Waals surface area contributed by atoms with E-state index < -0.39 is 11.4 Å². The van der Waals surface area contributed by atoms with Gasteiger partial charge in [0.15, 0.2) is 0 Å². The molecule has 0 atom stereocenters. The van der Waals surface area contributed by atoms with E-state index in [-0.39, 0.29) is 18.6 Å². The Hall–Kier alpha value is -1.10. The van der Waals surface area contributed by atoms with E-state index in [9.17, 15) is 9.59 Å². The third-order valence-corrected chi connectivity index (χ3v) is 1.62. The summed E-state index contributed by atoms with van der Waals surface area (Å²) in [5.74, 6) is -0.919. The van der Waals surface area contributed by atoms with Gasteiger partial charge in [0, 0.05) is 0 Å². The molecule has 0 fully saturated rings. The number of nitrogens with two attached hydrogens (primary N) is 1. The van der Waals surface area contributed by atoms with Crippen molar-refractivity contribution in [2.75, 3.05) is 6.61 Å². The molecule has 0 aromatic carbocycles. The van der Waals surface area contributed by atoms with Crippen LogP contribution in [0.5, 0.6) is 0 Å². The van der Waals surface area contributed by atoms with Gasteiger partial charge < -0.3 is 15.8 Å². The van der Waals surface area contributed by atoms with Gasteiger partial charge in [0.25, 0.3) is 0 Å². The maximum absolute atomic E-state index is 11.2. The van der Waals surface area contributed by atoms with Crippen molar-refractivity contribution in [3.8, 4) is 0 Å². The minimum absolute atomic E-state index is 0.0163. The van der Waals surface area contributed by atoms with Gasteiger partial charge in [-0.3, -0.25) is 9.59 Å². The molecule has 3 N–H and O–H groups in total. The first-order valence-corrected chi connectivity index (χ1v) is 4.48. The van der Waals surface area contributed by atoms with Crippen LogP contribution in [0, 0.1) is 0 Å². The van der Waals surface area contributed by atoms with Gasteiger partial charge in [-0.1, -0.05) is 0 Å².